The normalized spacial score (nSPS) is 10.1. The molecule has 0 N–H and O–H groups in total. The van der Waals surface area contributed by atoms with Crippen LogP contribution in [0.5, 0.6) is 5.75 Å². The van der Waals surface area contributed by atoms with E-state index in [1.165, 1.54) is 6.26 Å². The molecule has 0 bridgehead atoms. The molecule has 2 aromatic rings. The highest BCUT2D eigenvalue weighted by Gasteiger charge is 2.16. The molecule has 0 aliphatic heterocycles. The molecule has 0 fully saturated rings. The summed E-state index contributed by atoms with van der Waals surface area (Å²) in [6.07, 6.45) is 1.45. The van der Waals surface area contributed by atoms with Gasteiger partial charge in [-0.15, -0.1) is 0 Å². The second-order valence-electron chi connectivity index (χ2n) is 3.60. The van der Waals surface area contributed by atoms with Crippen molar-refractivity contribution in [3.63, 3.8) is 0 Å². The van der Waals surface area contributed by atoms with Crippen LogP contribution in [0.2, 0.25) is 0 Å². The Balaban J connectivity index is 2.02. The Labute approximate surface area is 105 Å². The monoisotopic (exact) mass is 246 g/mol. The summed E-state index contributed by atoms with van der Waals surface area (Å²) in [5, 5.41) is 0. The Morgan fingerprint density at radius 1 is 1.22 bits per heavy atom. The second kappa shape index (κ2) is 5.91. The van der Waals surface area contributed by atoms with Gasteiger partial charge in [0.05, 0.1) is 12.9 Å². The fourth-order valence-electron chi connectivity index (χ4n) is 1.50. The summed E-state index contributed by atoms with van der Waals surface area (Å²) in [6.45, 7) is 2.34. The lowest BCUT2D eigenvalue weighted by atomic mass is 10.2. The van der Waals surface area contributed by atoms with E-state index in [4.69, 9.17) is 13.9 Å². The van der Waals surface area contributed by atoms with Crippen molar-refractivity contribution in [3.05, 3.63) is 54.0 Å². The number of ether oxygens (including phenoxy) is 2. The fraction of sp³-hybridized carbons (Fsp3) is 0.214. The summed E-state index contributed by atoms with van der Waals surface area (Å²) in [5.41, 5.74) is 0.678. The minimum absolute atomic E-state index is 0.202. The van der Waals surface area contributed by atoms with Crippen LogP contribution in [0.15, 0.2) is 47.1 Å². The summed E-state index contributed by atoms with van der Waals surface area (Å²) in [4.78, 5) is 11.6. The Bertz CT molecular complexity index is 502. The van der Waals surface area contributed by atoms with Crippen LogP contribution < -0.4 is 4.74 Å². The number of carbonyl (C=O) groups excluding carboxylic acids is 1. The predicted molar refractivity (Wildman–Crippen MR) is 65.4 cm³/mol. The van der Waals surface area contributed by atoms with Crippen molar-refractivity contribution in [2.45, 2.75) is 13.5 Å². The Hall–Kier alpha value is -2.23. The molecule has 0 amide bonds. The van der Waals surface area contributed by atoms with E-state index >= 15 is 0 Å². The molecular weight excluding hydrogens is 232 g/mol. The van der Waals surface area contributed by atoms with Crippen LogP contribution in [0.4, 0.5) is 0 Å². The fourth-order valence-corrected chi connectivity index (χ4v) is 1.50. The maximum Gasteiger partial charge on any atom is 0.374 e. The number of rotatable bonds is 5. The molecule has 0 aliphatic rings. The maximum absolute atomic E-state index is 11.6. The smallest absolute Gasteiger partial charge is 0.374 e. The van der Waals surface area contributed by atoms with Crippen LogP contribution >= 0.6 is 0 Å². The van der Waals surface area contributed by atoms with E-state index in [0.717, 1.165) is 5.75 Å². The first-order valence-electron chi connectivity index (χ1n) is 5.72. The van der Waals surface area contributed by atoms with Crippen molar-refractivity contribution in [3.8, 4) is 5.75 Å². The van der Waals surface area contributed by atoms with Gasteiger partial charge in [0, 0.05) is 5.56 Å². The lowest BCUT2D eigenvalue weighted by molar-refractivity contribution is 0.0486. The first kappa shape index (κ1) is 12.2. The third kappa shape index (κ3) is 2.91. The number of para-hydroxylation sites is 1. The standard InChI is InChI=1S/C14H14O4/c1-2-16-14(15)13-11(8-9-17-13)10-18-12-6-4-3-5-7-12/h3-9H,2,10H2,1H3. The largest absolute Gasteiger partial charge is 0.489 e. The highest BCUT2D eigenvalue weighted by atomic mass is 16.5. The molecule has 1 aromatic carbocycles. The lowest BCUT2D eigenvalue weighted by Gasteiger charge is -2.05. The highest BCUT2D eigenvalue weighted by Crippen LogP contribution is 2.16. The number of hydrogen-bond donors (Lipinski definition) is 0. The molecule has 4 heteroatoms. The van der Waals surface area contributed by atoms with Gasteiger partial charge in [-0.2, -0.15) is 0 Å². The van der Waals surface area contributed by atoms with Crippen molar-refractivity contribution in [1.82, 2.24) is 0 Å². The van der Waals surface area contributed by atoms with E-state index in [2.05, 4.69) is 0 Å². The topological polar surface area (TPSA) is 48.7 Å². The molecule has 1 aromatic heterocycles. The molecule has 18 heavy (non-hydrogen) atoms. The number of furan rings is 1. The third-order valence-corrected chi connectivity index (χ3v) is 2.35. The minimum Gasteiger partial charge on any atom is -0.489 e. The van der Waals surface area contributed by atoms with Gasteiger partial charge in [-0.1, -0.05) is 18.2 Å². The molecule has 0 saturated carbocycles. The van der Waals surface area contributed by atoms with Crippen LogP contribution in [-0.2, 0) is 11.3 Å². The second-order valence-corrected chi connectivity index (χ2v) is 3.60. The van der Waals surface area contributed by atoms with Crippen LogP contribution in [-0.4, -0.2) is 12.6 Å². The summed E-state index contributed by atoms with van der Waals surface area (Å²) in [5.74, 6) is 0.482. The van der Waals surface area contributed by atoms with Crippen molar-refractivity contribution in [2.24, 2.45) is 0 Å². The maximum atomic E-state index is 11.6. The minimum atomic E-state index is -0.464. The Morgan fingerprint density at radius 2 is 2.00 bits per heavy atom. The Kier molecular flexibility index (Phi) is 4.02. The molecule has 0 aliphatic carbocycles. The predicted octanol–water partition coefficient (Wildman–Crippen LogP) is 3.04. The van der Waals surface area contributed by atoms with Crippen LogP contribution in [0, 0.1) is 0 Å². The number of hydrogen-bond acceptors (Lipinski definition) is 4. The number of carbonyl (C=O) groups is 1. The molecule has 0 spiro atoms. The molecule has 94 valence electrons. The quantitative estimate of drug-likeness (QED) is 0.761. The van der Waals surface area contributed by atoms with Gasteiger partial charge in [0.25, 0.3) is 0 Å². The molecule has 2 rings (SSSR count). The Morgan fingerprint density at radius 3 is 2.72 bits per heavy atom. The summed E-state index contributed by atoms with van der Waals surface area (Å²) in [7, 11) is 0. The zero-order valence-corrected chi connectivity index (χ0v) is 10.1. The average molecular weight is 246 g/mol. The van der Waals surface area contributed by atoms with Crippen molar-refractivity contribution in [2.75, 3.05) is 6.61 Å². The van der Waals surface area contributed by atoms with Gasteiger partial charge in [-0.3, -0.25) is 0 Å². The molecule has 0 unspecified atom stereocenters. The van der Waals surface area contributed by atoms with Crippen LogP contribution in [0.25, 0.3) is 0 Å². The first-order chi connectivity index (χ1) is 8.81. The van der Waals surface area contributed by atoms with E-state index < -0.39 is 5.97 Å². The average Bonchev–Trinajstić information content (AvgIpc) is 2.86. The van der Waals surface area contributed by atoms with Gasteiger partial charge in [0.2, 0.25) is 5.76 Å². The van der Waals surface area contributed by atoms with Crippen molar-refractivity contribution in [1.29, 1.82) is 0 Å². The van der Waals surface area contributed by atoms with E-state index in [1.54, 1.807) is 13.0 Å². The van der Waals surface area contributed by atoms with Gasteiger partial charge in [0.1, 0.15) is 12.4 Å². The molecule has 4 nitrogen and oxygen atoms in total. The van der Waals surface area contributed by atoms with E-state index in [9.17, 15) is 4.79 Å². The summed E-state index contributed by atoms with van der Waals surface area (Å²) >= 11 is 0. The van der Waals surface area contributed by atoms with E-state index in [0.29, 0.717) is 12.2 Å². The SMILES string of the molecule is CCOC(=O)c1occc1COc1ccccc1. The summed E-state index contributed by atoms with van der Waals surface area (Å²) < 4.78 is 15.6. The summed E-state index contributed by atoms with van der Waals surface area (Å²) in [6, 6.07) is 11.1. The molecule has 0 saturated heterocycles. The molecule has 0 atom stereocenters. The molecular formula is C14H14O4. The van der Waals surface area contributed by atoms with E-state index in [1.807, 2.05) is 30.3 Å². The zero-order valence-electron chi connectivity index (χ0n) is 10.1. The number of esters is 1. The van der Waals surface area contributed by atoms with E-state index in [-0.39, 0.29) is 12.4 Å². The zero-order chi connectivity index (χ0) is 12.8. The third-order valence-electron chi connectivity index (χ3n) is 2.35. The molecule has 0 radical (unpaired) electrons. The molecule has 1 heterocycles. The number of benzene rings is 1. The van der Waals surface area contributed by atoms with Crippen molar-refractivity contribution >= 4 is 5.97 Å². The van der Waals surface area contributed by atoms with Crippen LogP contribution in [0.3, 0.4) is 0 Å². The van der Waals surface area contributed by atoms with Gasteiger partial charge in [-0.25, -0.2) is 4.79 Å². The van der Waals surface area contributed by atoms with Gasteiger partial charge in [0.15, 0.2) is 0 Å². The highest BCUT2D eigenvalue weighted by molar-refractivity contribution is 5.87. The lowest BCUT2D eigenvalue weighted by Crippen LogP contribution is -2.07. The first-order valence-corrected chi connectivity index (χ1v) is 5.72. The van der Waals surface area contributed by atoms with Crippen molar-refractivity contribution < 1.29 is 18.7 Å². The van der Waals surface area contributed by atoms with Gasteiger partial charge in [-0.05, 0) is 25.1 Å². The van der Waals surface area contributed by atoms with Crippen LogP contribution in [0.1, 0.15) is 23.0 Å². The van der Waals surface area contributed by atoms with Gasteiger partial charge >= 0.3 is 5.97 Å². The van der Waals surface area contributed by atoms with Gasteiger partial charge < -0.3 is 13.9 Å².